The fraction of sp³-hybridized carbons (Fsp3) is 0.125. The van der Waals surface area contributed by atoms with E-state index in [1.54, 1.807) is 37.3 Å². The largest absolute Gasteiger partial charge is 0.484 e. The molecule has 0 saturated carbocycles. The van der Waals surface area contributed by atoms with Gasteiger partial charge >= 0.3 is 0 Å². The maximum Gasteiger partial charge on any atom is 0.277 e. The maximum absolute atomic E-state index is 11.7. The minimum absolute atomic E-state index is 0.00184. The molecule has 24 heavy (non-hydrogen) atoms. The molecule has 0 fully saturated rings. The number of non-ortho nitro benzene ring substituents is 1. The van der Waals surface area contributed by atoms with Crippen molar-refractivity contribution in [1.82, 2.24) is 5.43 Å². The van der Waals surface area contributed by atoms with Gasteiger partial charge in [0.1, 0.15) is 5.75 Å². The molecule has 0 bridgehead atoms. The molecule has 0 radical (unpaired) electrons. The molecule has 0 atom stereocenters. The van der Waals surface area contributed by atoms with Gasteiger partial charge in [-0.2, -0.15) is 5.10 Å². The minimum atomic E-state index is -0.475. The van der Waals surface area contributed by atoms with Gasteiger partial charge in [0.2, 0.25) is 0 Å². The lowest BCUT2D eigenvalue weighted by atomic mass is 10.1. The van der Waals surface area contributed by atoms with Crippen LogP contribution in [0.25, 0.3) is 0 Å². The fourth-order valence-electron chi connectivity index (χ4n) is 1.77. The third kappa shape index (κ3) is 5.17. The molecule has 0 spiro atoms. The molecule has 0 heterocycles. The topological polar surface area (TPSA) is 93.8 Å². The number of carbonyl (C=O) groups excluding carboxylic acids is 1. The Kier molecular flexibility index (Phi) is 6.02. The fourth-order valence-corrected chi connectivity index (χ4v) is 2.15. The molecule has 1 N–H and O–H groups in total. The molecule has 0 aliphatic heterocycles. The summed E-state index contributed by atoms with van der Waals surface area (Å²) < 4.78 is 6.20. The highest BCUT2D eigenvalue weighted by Gasteiger charge is 2.06. The van der Waals surface area contributed by atoms with Gasteiger partial charge in [-0.05, 0) is 42.8 Å². The van der Waals surface area contributed by atoms with E-state index in [4.69, 9.17) is 4.74 Å². The predicted molar refractivity (Wildman–Crippen MR) is 93.1 cm³/mol. The summed E-state index contributed by atoms with van der Waals surface area (Å²) in [6.45, 7) is 1.52. The van der Waals surface area contributed by atoms with E-state index in [9.17, 15) is 14.9 Å². The summed E-state index contributed by atoms with van der Waals surface area (Å²) in [4.78, 5) is 21.9. The Hall–Kier alpha value is -2.74. The first-order valence-corrected chi connectivity index (χ1v) is 7.71. The zero-order chi connectivity index (χ0) is 17.5. The van der Waals surface area contributed by atoms with E-state index >= 15 is 0 Å². The van der Waals surface area contributed by atoms with Crippen LogP contribution in [0.1, 0.15) is 12.5 Å². The molecule has 2 aromatic carbocycles. The lowest BCUT2D eigenvalue weighted by Crippen LogP contribution is -2.25. The van der Waals surface area contributed by atoms with Crippen molar-refractivity contribution in [1.29, 1.82) is 0 Å². The number of carbonyl (C=O) groups is 1. The number of ether oxygens (including phenoxy) is 1. The number of nitro groups is 1. The number of halogens is 1. The van der Waals surface area contributed by atoms with E-state index in [0.717, 1.165) is 4.47 Å². The van der Waals surface area contributed by atoms with Crippen LogP contribution in [-0.4, -0.2) is 23.1 Å². The Labute approximate surface area is 146 Å². The molecule has 8 heteroatoms. The van der Waals surface area contributed by atoms with Crippen LogP contribution in [0, 0.1) is 10.1 Å². The quantitative estimate of drug-likeness (QED) is 0.464. The molecular formula is C16H14BrN3O4. The van der Waals surface area contributed by atoms with E-state index in [-0.39, 0.29) is 12.3 Å². The second-order valence-electron chi connectivity index (χ2n) is 4.78. The SMILES string of the molecule is C/C(=N/NC(=O)COc1cccc(Br)c1)c1ccc([N+](=O)[O-])cc1. The standard InChI is InChI=1S/C16H14BrN3O4/c1-11(12-5-7-14(8-6-12)20(22)23)18-19-16(21)10-24-15-4-2-3-13(17)9-15/h2-9H,10H2,1H3,(H,19,21)/b18-11-. The molecule has 0 saturated heterocycles. The van der Waals surface area contributed by atoms with E-state index in [2.05, 4.69) is 26.5 Å². The van der Waals surface area contributed by atoms with Crippen molar-refractivity contribution >= 4 is 33.2 Å². The number of benzene rings is 2. The zero-order valence-electron chi connectivity index (χ0n) is 12.7. The second kappa shape index (κ2) is 8.21. The van der Waals surface area contributed by atoms with Crippen molar-refractivity contribution in [3.05, 3.63) is 68.7 Å². The highest BCUT2D eigenvalue weighted by Crippen LogP contribution is 2.17. The summed E-state index contributed by atoms with van der Waals surface area (Å²) in [5, 5.41) is 14.6. The lowest BCUT2D eigenvalue weighted by molar-refractivity contribution is -0.384. The van der Waals surface area contributed by atoms with Gasteiger partial charge in [-0.1, -0.05) is 22.0 Å². The maximum atomic E-state index is 11.7. The number of nitrogens with zero attached hydrogens (tertiary/aromatic N) is 2. The number of hydrazone groups is 1. The Balaban J connectivity index is 1.89. The zero-order valence-corrected chi connectivity index (χ0v) is 14.3. The molecule has 2 rings (SSSR count). The van der Waals surface area contributed by atoms with Gasteiger partial charge in [0.15, 0.2) is 6.61 Å². The third-order valence-electron chi connectivity index (χ3n) is 3.01. The van der Waals surface area contributed by atoms with E-state index < -0.39 is 10.8 Å². The van der Waals surface area contributed by atoms with Crippen molar-refractivity contribution in [3.8, 4) is 5.75 Å². The Morgan fingerprint density at radius 1 is 1.29 bits per heavy atom. The Bertz CT molecular complexity index is 775. The summed E-state index contributed by atoms with van der Waals surface area (Å²) in [7, 11) is 0. The van der Waals surface area contributed by atoms with Crippen LogP contribution >= 0.6 is 15.9 Å². The Morgan fingerprint density at radius 3 is 2.62 bits per heavy atom. The molecule has 124 valence electrons. The smallest absolute Gasteiger partial charge is 0.277 e. The molecule has 0 unspecified atom stereocenters. The van der Waals surface area contributed by atoms with Gasteiger partial charge in [-0.15, -0.1) is 0 Å². The first kappa shape index (κ1) is 17.6. The van der Waals surface area contributed by atoms with Crippen LogP contribution < -0.4 is 10.2 Å². The van der Waals surface area contributed by atoms with Gasteiger partial charge < -0.3 is 4.74 Å². The summed E-state index contributed by atoms with van der Waals surface area (Å²) >= 11 is 3.31. The highest BCUT2D eigenvalue weighted by molar-refractivity contribution is 9.10. The summed E-state index contributed by atoms with van der Waals surface area (Å²) in [6.07, 6.45) is 0. The van der Waals surface area contributed by atoms with Crippen molar-refractivity contribution in [2.24, 2.45) is 5.10 Å². The summed E-state index contributed by atoms with van der Waals surface area (Å²) in [5.41, 5.74) is 3.58. The normalized spacial score (nSPS) is 11.0. The minimum Gasteiger partial charge on any atom is -0.484 e. The number of rotatable bonds is 6. The molecule has 1 amide bonds. The van der Waals surface area contributed by atoms with Gasteiger partial charge in [0.25, 0.3) is 11.6 Å². The predicted octanol–water partition coefficient (Wildman–Crippen LogP) is 3.28. The van der Waals surface area contributed by atoms with Crippen LogP contribution in [0.4, 0.5) is 5.69 Å². The van der Waals surface area contributed by atoms with Crippen molar-refractivity contribution in [2.45, 2.75) is 6.92 Å². The second-order valence-corrected chi connectivity index (χ2v) is 5.70. The molecular weight excluding hydrogens is 378 g/mol. The van der Waals surface area contributed by atoms with Crippen molar-refractivity contribution in [3.63, 3.8) is 0 Å². The van der Waals surface area contributed by atoms with E-state index in [1.807, 2.05) is 6.07 Å². The van der Waals surface area contributed by atoms with Crippen LogP contribution in [0.3, 0.4) is 0 Å². The molecule has 0 aliphatic carbocycles. The van der Waals surface area contributed by atoms with E-state index in [0.29, 0.717) is 17.0 Å². The monoisotopic (exact) mass is 391 g/mol. The van der Waals surface area contributed by atoms with Gasteiger partial charge in [0, 0.05) is 16.6 Å². The van der Waals surface area contributed by atoms with Gasteiger partial charge in [-0.3, -0.25) is 14.9 Å². The van der Waals surface area contributed by atoms with Crippen LogP contribution in [0.5, 0.6) is 5.75 Å². The molecule has 2 aromatic rings. The third-order valence-corrected chi connectivity index (χ3v) is 3.50. The number of amides is 1. The molecule has 7 nitrogen and oxygen atoms in total. The lowest BCUT2D eigenvalue weighted by Gasteiger charge is -2.06. The first-order valence-electron chi connectivity index (χ1n) is 6.92. The average Bonchev–Trinajstić information content (AvgIpc) is 2.58. The summed E-state index contributed by atoms with van der Waals surface area (Å²) in [6, 6.07) is 13.0. The van der Waals surface area contributed by atoms with Crippen molar-refractivity contribution in [2.75, 3.05) is 6.61 Å². The number of hydrogen-bond acceptors (Lipinski definition) is 5. The first-order chi connectivity index (χ1) is 11.5. The van der Waals surface area contributed by atoms with Gasteiger partial charge in [0.05, 0.1) is 10.6 Å². The number of nitrogens with one attached hydrogen (secondary N) is 1. The summed E-state index contributed by atoms with van der Waals surface area (Å²) in [5.74, 6) is 0.159. The molecule has 0 aliphatic rings. The van der Waals surface area contributed by atoms with E-state index in [1.165, 1.54) is 12.1 Å². The van der Waals surface area contributed by atoms with Crippen LogP contribution in [-0.2, 0) is 4.79 Å². The van der Waals surface area contributed by atoms with Crippen molar-refractivity contribution < 1.29 is 14.5 Å². The number of hydrogen-bond donors (Lipinski definition) is 1. The van der Waals surface area contributed by atoms with Crippen LogP contribution in [0.2, 0.25) is 0 Å². The van der Waals surface area contributed by atoms with Gasteiger partial charge in [-0.25, -0.2) is 5.43 Å². The Morgan fingerprint density at radius 2 is 2.00 bits per heavy atom. The average molecular weight is 392 g/mol. The van der Waals surface area contributed by atoms with Crippen LogP contribution in [0.15, 0.2) is 58.1 Å². The number of nitro benzene ring substituents is 1. The molecule has 0 aromatic heterocycles. The highest BCUT2D eigenvalue weighted by atomic mass is 79.9.